The van der Waals surface area contributed by atoms with Crippen LogP contribution in [0.5, 0.6) is 0 Å². The van der Waals surface area contributed by atoms with Crippen molar-refractivity contribution in [2.24, 2.45) is 0 Å². The lowest BCUT2D eigenvalue weighted by atomic mass is 9.96. The minimum Gasteiger partial charge on any atom is -0.314 e. The predicted molar refractivity (Wildman–Crippen MR) is 87.1 cm³/mol. The van der Waals surface area contributed by atoms with Crippen LogP contribution in [0.2, 0.25) is 4.34 Å². The van der Waals surface area contributed by atoms with Gasteiger partial charge in [-0.1, -0.05) is 29.8 Å². The maximum atomic E-state index is 13.4. The fourth-order valence-electron chi connectivity index (χ4n) is 2.94. The van der Waals surface area contributed by atoms with Crippen molar-refractivity contribution in [1.82, 2.24) is 10.2 Å². The van der Waals surface area contributed by atoms with E-state index in [0.717, 1.165) is 24.0 Å². The highest BCUT2D eigenvalue weighted by molar-refractivity contribution is 7.16. The summed E-state index contributed by atoms with van der Waals surface area (Å²) in [6.45, 7) is 2.94. The third kappa shape index (κ3) is 3.71. The number of nitrogens with one attached hydrogen (secondary N) is 1. The number of alkyl halides is 3. The maximum absolute atomic E-state index is 13.4. The van der Waals surface area contributed by atoms with Gasteiger partial charge in [0.25, 0.3) is 0 Å². The summed E-state index contributed by atoms with van der Waals surface area (Å²) >= 11 is 7.37. The van der Waals surface area contributed by atoms with Crippen molar-refractivity contribution in [1.29, 1.82) is 0 Å². The number of rotatable bonds is 3. The first-order valence-corrected chi connectivity index (χ1v) is 8.52. The van der Waals surface area contributed by atoms with Gasteiger partial charge < -0.3 is 5.32 Å². The molecule has 1 aromatic heterocycles. The Morgan fingerprint density at radius 2 is 1.78 bits per heavy atom. The van der Waals surface area contributed by atoms with E-state index in [1.807, 2.05) is 6.07 Å². The van der Waals surface area contributed by atoms with E-state index in [0.29, 0.717) is 23.0 Å². The number of nitrogens with zero attached hydrogens (tertiary/aromatic N) is 1. The van der Waals surface area contributed by atoms with Gasteiger partial charge in [-0.2, -0.15) is 13.2 Å². The Balaban J connectivity index is 2.08. The first-order valence-electron chi connectivity index (χ1n) is 7.33. The molecule has 2 nitrogen and oxygen atoms in total. The largest absolute Gasteiger partial charge is 0.416 e. The Morgan fingerprint density at radius 1 is 1.09 bits per heavy atom. The summed E-state index contributed by atoms with van der Waals surface area (Å²) in [6.07, 6.45) is -4.37. The molecule has 1 saturated heterocycles. The molecule has 1 N–H and O–H groups in total. The topological polar surface area (TPSA) is 15.3 Å². The van der Waals surface area contributed by atoms with Crippen LogP contribution in [0.3, 0.4) is 0 Å². The minimum absolute atomic E-state index is 0.292. The molecule has 0 aliphatic carbocycles. The lowest BCUT2D eigenvalue weighted by Gasteiger charge is -2.35. The van der Waals surface area contributed by atoms with Gasteiger partial charge in [-0.3, -0.25) is 4.90 Å². The molecular weight excluding hydrogens is 345 g/mol. The molecule has 1 fully saturated rings. The fraction of sp³-hybridized carbons (Fsp3) is 0.375. The van der Waals surface area contributed by atoms with Crippen molar-refractivity contribution in [3.8, 4) is 0 Å². The van der Waals surface area contributed by atoms with Gasteiger partial charge in [-0.15, -0.1) is 11.3 Å². The monoisotopic (exact) mass is 360 g/mol. The normalized spacial score (nSPS) is 18.1. The number of halogens is 4. The maximum Gasteiger partial charge on any atom is 0.416 e. The fourth-order valence-corrected chi connectivity index (χ4v) is 4.15. The number of benzene rings is 1. The highest BCUT2D eigenvalue weighted by Gasteiger charge is 2.37. The summed E-state index contributed by atoms with van der Waals surface area (Å²) in [5, 5.41) is 3.24. The second kappa shape index (κ2) is 6.81. The average molecular weight is 361 g/mol. The van der Waals surface area contributed by atoms with Gasteiger partial charge in [0.1, 0.15) is 0 Å². The van der Waals surface area contributed by atoms with Crippen molar-refractivity contribution >= 4 is 22.9 Å². The predicted octanol–water partition coefficient (Wildman–Crippen LogP) is 4.41. The van der Waals surface area contributed by atoms with Crippen LogP contribution in [0.1, 0.15) is 22.0 Å². The summed E-state index contributed by atoms with van der Waals surface area (Å²) in [7, 11) is 0. The SMILES string of the molecule is FC(F)(F)c1ccccc1[C@@H](c1ccc(Cl)s1)N1CCNCC1. The van der Waals surface area contributed by atoms with E-state index in [2.05, 4.69) is 10.2 Å². The zero-order valence-corrected chi connectivity index (χ0v) is 13.8. The molecule has 7 heteroatoms. The molecule has 0 bridgehead atoms. The first kappa shape index (κ1) is 16.8. The van der Waals surface area contributed by atoms with E-state index >= 15 is 0 Å². The Morgan fingerprint density at radius 3 is 2.39 bits per heavy atom. The van der Waals surface area contributed by atoms with E-state index < -0.39 is 17.8 Å². The molecule has 1 aliphatic rings. The molecule has 0 spiro atoms. The van der Waals surface area contributed by atoms with Crippen molar-refractivity contribution in [2.45, 2.75) is 12.2 Å². The standard InChI is InChI=1S/C16H16ClF3N2S/c17-14-6-5-13(23-14)15(22-9-7-21-8-10-22)11-3-1-2-4-12(11)16(18,19)20/h1-6,15,21H,7-10H2/t15-/m0/s1. The van der Waals surface area contributed by atoms with Crippen LogP contribution in [0.25, 0.3) is 0 Å². The summed E-state index contributed by atoms with van der Waals surface area (Å²) in [5.74, 6) is 0. The summed E-state index contributed by atoms with van der Waals surface area (Å²) < 4.78 is 40.9. The number of hydrogen-bond donors (Lipinski definition) is 1. The molecule has 23 heavy (non-hydrogen) atoms. The van der Waals surface area contributed by atoms with Gasteiger partial charge in [0.05, 0.1) is 15.9 Å². The molecule has 0 amide bonds. The van der Waals surface area contributed by atoms with Crippen LogP contribution in [0.4, 0.5) is 13.2 Å². The van der Waals surface area contributed by atoms with E-state index in [1.165, 1.54) is 17.4 Å². The van der Waals surface area contributed by atoms with Crippen molar-refractivity contribution in [3.63, 3.8) is 0 Å². The van der Waals surface area contributed by atoms with Crippen molar-refractivity contribution in [3.05, 3.63) is 56.7 Å². The minimum atomic E-state index is -4.37. The van der Waals surface area contributed by atoms with E-state index in [9.17, 15) is 13.2 Å². The molecule has 1 aliphatic heterocycles. The van der Waals surface area contributed by atoms with Gasteiger partial charge in [0.2, 0.25) is 0 Å². The number of hydrogen-bond acceptors (Lipinski definition) is 3. The van der Waals surface area contributed by atoms with Crippen LogP contribution >= 0.6 is 22.9 Å². The van der Waals surface area contributed by atoms with E-state index in [1.54, 1.807) is 18.2 Å². The van der Waals surface area contributed by atoms with Crippen molar-refractivity contribution < 1.29 is 13.2 Å². The molecule has 3 rings (SSSR count). The van der Waals surface area contributed by atoms with Crippen LogP contribution in [-0.2, 0) is 6.18 Å². The molecule has 124 valence electrons. The molecule has 2 heterocycles. The molecule has 1 aromatic carbocycles. The highest BCUT2D eigenvalue weighted by atomic mass is 35.5. The molecule has 0 unspecified atom stereocenters. The summed E-state index contributed by atoms with van der Waals surface area (Å²) in [6, 6.07) is 8.97. The summed E-state index contributed by atoms with van der Waals surface area (Å²) in [5.41, 5.74) is -0.284. The number of piperazine rings is 1. The Labute approximate surface area is 141 Å². The molecular formula is C16H16ClF3N2S. The quantitative estimate of drug-likeness (QED) is 0.872. The Kier molecular flexibility index (Phi) is 4.96. The van der Waals surface area contributed by atoms with Crippen LogP contribution in [0, 0.1) is 0 Å². The lowest BCUT2D eigenvalue weighted by molar-refractivity contribution is -0.138. The molecule has 0 saturated carbocycles. The summed E-state index contributed by atoms with van der Waals surface area (Å²) in [4.78, 5) is 2.93. The Bertz CT molecular complexity index is 665. The van der Waals surface area contributed by atoms with E-state index in [4.69, 9.17) is 11.6 Å². The van der Waals surface area contributed by atoms with Gasteiger partial charge in [0.15, 0.2) is 0 Å². The van der Waals surface area contributed by atoms with Gasteiger partial charge in [-0.05, 0) is 23.8 Å². The third-order valence-electron chi connectivity index (χ3n) is 3.94. The second-order valence-corrected chi connectivity index (χ2v) is 7.16. The average Bonchev–Trinajstić information content (AvgIpc) is 2.94. The molecule has 0 radical (unpaired) electrons. The number of thiophene rings is 1. The third-order valence-corrected chi connectivity index (χ3v) is 5.22. The van der Waals surface area contributed by atoms with Crippen molar-refractivity contribution in [2.75, 3.05) is 26.2 Å². The zero-order valence-electron chi connectivity index (χ0n) is 12.2. The molecule has 2 aromatic rings. The lowest BCUT2D eigenvalue weighted by Crippen LogP contribution is -2.45. The highest BCUT2D eigenvalue weighted by Crippen LogP contribution is 2.41. The smallest absolute Gasteiger partial charge is 0.314 e. The Hall–Kier alpha value is -1.08. The van der Waals surface area contributed by atoms with Crippen LogP contribution in [0.15, 0.2) is 36.4 Å². The zero-order chi connectivity index (χ0) is 16.4. The van der Waals surface area contributed by atoms with E-state index in [-0.39, 0.29) is 0 Å². The van der Waals surface area contributed by atoms with Gasteiger partial charge in [0, 0.05) is 31.1 Å². The van der Waals surface area contributed by atoms with Crippen LogP contribution in [-0.4, -0.2) is 31.1 Å². The van der Waals surface area contributed by atoms with Crippen LogP contribution < -0.4 is 5.32 Å². The molecule has 1 atom stereocenters. The van der Waals surface area contributed by atoms with Gasteiger partial charge in [-0.25, -0.2) is 0 Å². The second-order valence-electron chi connectivity index (χ2n) is 5.42. The first-order chi connectivity index (χ1) is 11.0. The van der Waals surface area contributed by atoms with Gasteiger partial charge >= 0.3 is 6.18 Å².